The highest BCUT2D eigenvalue weighted by Crippen LogP contribution is 2.29. The van der Waals surface area contributed by atoms with E-state index in [0.29, 0.717) is 40.4 Å². The van der Waals surface area contributed by atoms with E-state index < -0.39 is 0 Å². The second-order valence-electron chi connectivity index (χ2n) is 7.00. The number of H-pyrrole nitrogens is 1. The monoisotopic (exact) mass is 413 g/mol. The van der Waals surface area contributed by atoms with Crippen LogP contribution in [0.15, 0.2) is 48.9 Å². The number of aromatic nitrogens is 7. The largest absolute Gasteiger partial charge is 0.383 e. The van der Waals surface area contributed by atoms with Gasteiger partial charge in [0.2, 0.25) is 5.91 Å². The van der Waals surface area contributed by atoms with Gasteiger partial charge in [0.05, 0.1) is 29.0 Å². The van der Waals surface area contributed by atoms with Gasteiger partial charge in [0.1, 0.15) is 5.82 Å². The second kappa shape index (κ2) is 7.17. The number of aromatic amines is 1. The molecule has 1 aromatic carbocycles. The first-order chi connectivity index (χ1) is 15.1. The maximum absolute atomic E-state index is 12.0. The predicted molar refractivity (Wildman–Crippen MR) is 117 cm³/mol. The minimum atomic E-state index is -0.00941. The SMILES string of the molecule is CCN(C(C)=O)c1cccc(-c2ccnc3c(-c4nc(N)c5cn[nH]c5n4)cnn23)c1. The van der Waals surface area contributed by atoms with Crippen molar-refractivity contribution < 1.29 is 4.79 Å². The third-order valence-electron chi connectivity index (χ3n) is 5.13. The molecule has 0 bridgehead atoms. The van der Waals surface area contributed by atoms with E-state index in [2.05, 4.69) is 30.2 Å². The van der Waals surface area contributed by atoms with E-state index in [9.17, 15) is 4.79 Å². The van der Waals surface area contributed by atoms with Crippen molar-refractivity contribution in [3.8, 4) is 22.6 Å². The Morgan fingerprint density at radius 3 is 2.90 bits per heavy atom. The lowest BCUT2D eigenvalue weighted by atomic mass is 10.1. The Bertz CT molecular complexity index is 1440. The van der Waals surface area contributed by atoms with Crippen molar-refractivity contribution >= 4 is 34.1 Å². The van der Waals surface area contributed by atoms with Crippen LogP contribution in [0.5, 0.6) is 0 Å². The van der Waals surface area contributed by atoms with Gasteiger partial charge in [-0.2, -0.15) is 10.2 Å². The number of benzene rings is 1. The van der Waals surface area contributed by atoms with Crippen LogP contribution in [0.1, 0.15) is 13.8 Å². The predicted octanol–water partition coefficient (Wildman–Crippen LogP) is 2.68. The Morgan fingerprint density at radius 1 is 1.23 bits per heavy atom. The summed E-state index contributed by atoms with van der Waals surface area (Å²) in [6, 6.07) is 9.64. The Kier molecular flexibility index (Phi) is 4.32. The summed E-state index contributed by atoms with van der Waals surface area (Å²) < 4.78 is 1.73. The molecule has 0 radical (unpaired) electrons. The van der Waals surface area contributed by atoms with E-state index in [1.165, 1.54) is 0 Å². The van der Waals surface area contributed by atoms with Crippen LogP contribution in [0, 0.1) is 0 Å². The molecule has 3 N–H and O–H groups in total. The number of anilines is 2. The lowest BCUT2D eigenvalue weighted by Gasteiger charge is -2.19. The molecule has 4 heterocycles. The summed E-state index contributed by atoms with van der Waals surface area (Å²) in [4.78, 5) is 27.1. The summed E-state index contributed by atoms with van der Waals surface area (Å²) in [5, 5.41) is 12.0. The first-order valence-electron chi connectivity index (χ1n) is 9.75. The number of nitrogens with zero attached hydrogens (tertiary/aromatic N) is 7. The van der Waals surface area contributed by atoms with E-state index in [0.717, 1.165) is 16.9 Å². The number of fused-ring (bicyclic) bond motifs is 2. The molecule has 0 aliphatic carbocycles. The molecule has 0 aliphatic heterocycles. The van der Waals surface area contributed by atoms with Gasteiger partial charge < -0.3 is 10.6 Å². The average Bonchev–Trinajstić information content (AvgIpc) is 3.41. The quantitative estimate of drug-likeness (QED) is 0.463. The number of nitrogens with one attached hydrogen (secondary N) is 1. The highest BCUT2D eigenvalue weighted by Gasteiger charge is 2.17. The van der Waals surface area contributed by atoms with E-state index in [1.807, 2.05) is 37.3 Å². The van der Waals surface area contributed by atoms with Crippen molar-refractivity contribution in [1.29, 1.82) is 0 Å². The first kappa shape index (κ1) is 18.7. The molecule has 4 aromatic heterocycles. The molecule has 1 amide bonds. The summed E-state index contributed by atoms with van der Waals surface area (Å²) in [7, 11) is 0. The summed E-state index contributed by atoms with van der Waals surface area (Å²) in [5.74, 6) is 0.738. The molecule has 0 fully saturated rings. The fourth-order valence-electron chi connectivity index (χ4n) is 3.67. The fraction of sp³-hybridized carbons (Fsp3) is 0.143. The van der Waals surface area contributed by atoms with Crippen LogP contribution >= 0.6 is 0 Å². The number of rotatable bonds is 4. The van der Waals surface area contributed by atoms with Crippen molar-refractivity contribution in [3.63, 3.8) is 0 Å². The Hall–Kier alpha value is -4.34. The maximum atomic E-state index is 12.0. The van der Waals surface area contributed by atoms with Crippen LogP contribution in [-0.4, -0.2) is 47.2 Å². The molecule has 0 atom stereocenters. The summed E-state index contributed by atoms with van der Waals surface area (Å²) in [5.41, 5.74) is 10.4. The molecule has 10 heteroatoms. The van der Waals surface area contributed by atoms with Gasteiger partial charge in [0.15, 0.2) is 17.1 Å². The zero-order chi connectivity index (χ0) is 21.5. The van der Waals surface area contributed by atoms with Crippen LogP contribution in [0.25, 0.3) is 39.3 Å². The van der Waals surface area contributed by atoms with Gasteiger partial charge in [-0.15, -0.1) is 0 Å². The lowest BCUT2D eigenvalue weighted by Crippen LogP contribution is -2.27. The number of nitrogens with two attached hydrogens (primary N) is 1. The molecular weight excluding hydrogens is 394 g/mol. The standard InChI is InChI=1S/C21H19N9O/c1-3-29(12(2)31)14-6-4-5-13(9-14)17-7-8-23-21-16(11-25-30(17)21)19-26-18(22)15-10-24-28-20(15)27-19/h4-11H,3H2,1-2H3,(H3,22,24,26,27,28). The van der Waals surface area contributed by atoms with E-state index >= 15 is 0 Å². The van der Waals surface area contributed by atoms with Gasteiger partial charge >= 0.3 is 0 Å². The van der Waals surface area contributed by atoms with Crippen molar-refractivity contribution in [1.82, 2.24) is 34.8 Å². The first-order valence-corrected chi connectivity index (χ1v) is 9.75. The fourth-order valence-corrected chi connectivity index (χ4v) is 3.67. The molecule has 5 aromatic rings. The van der Waals surface area contributed by atoms with Crippen molar-refractivity contribution in [2.24, 2.45) is 0 Å². The molecule has 0 saturated carbocycles. The maximum Gasteiger partial charge on any atom is 0.223 e. The number of carbonyl (C=O) groups excluding carboxylic acids is 1. The van der Waals surface area contributed by atoms with E-state index in [-0.39, 0.29) is 5.91 Å². The van der Waals surface area contributed by atoms with Gasteiger partial charge in [-0.3, -0.25) is 9.89 Å². The molecule has 0 unspecified atom stereocenters. The summed E-state index contributed by atoms with van der Waals surface area (Å²) in [6.45, 7) is 4.09. The van der Waals surface area contributed by atoms with Crippen LogP contribution in [0.4, 0.5) is 11.5 Å². The zero-order valence-corrected chi connectivity index (χ0v) is 16.9. The number of hydrogen-bond acceptors (Lipinski definition) is 7. The normalized spacial score (nSPS) is 11.3. The van der Waals surface area contributed by atoms with Gasteiger partial charge in [0, 0.05) is 30.9 Å². The topological polar surface area (TPSA) is 131 Å². The average molecular weight is 413 g/mol. The lowest BCUT2D eigenvalue weighted by molar-refractivity contribution is -0.116. The highest BCUT2D eigenvalue weighted by molar-refractivity contribution is 5.92. The van der Waals surface area contributed by atoms with Crippen LogP contribution in [0.3, 0.4) is 0 Å². The molecule has 0 aliphatic rings. The minimum absolute atomic E-state index is 0.00941. The van der Waals surface area contributed by atoms with Gasteiger partial charge in [0.25, 0.3) is 0 Å². The van der Waals surface area contributed by atoms with Crippen LogP contribution in [0.2, 0.25) is 0 Å². The van der Waals surface area contributed by atoms with Gasteiger partial charge in [-0.05, 0) is 25.1 Å². The number of hydrogen-bond donors (Lipinski definition) is 2. The molecule has 5 rings (SSSR count). The third kappa shape index (κ3) is 3.05. The Morgan fingerprint density at radius 2 is 2.10 bits per heavy atom. The molecular formula is C21H19N9O. The number of carbonyl (C=O) groups is 1. The van der Waals surface area contributed by atoms with Crippen LogP contribution in [-0.2, 0) is 4.79 Å². The highest BCUT2D eigenvalue weighted by atomic mass is 16.2. The minimum Gasteiger partial charge on any atom is -0.383 e. The zero-order valence-electron chi connectivity index (χ0n) is 16.9. The van der Waals surface area contributed by atoms with E-state index in [1.54, 1.807) is 34.9 Å². The Balaban J connectivity index is 1.64. The molecule has 0 spiro atoms. The van der Waals surface area contributed by atoms with Crippen molar-refractivity contribution in [3.05, 3.63) is 48.9 Å². The Labute approximate surface area is 176 Å². The summed E-state index contributed by atoms with van der Waals surface area (Å²) >= 11 is 0. The molecule has 31 heavy (non-hydrogen) atoms. The number of nitrogen functional groups attached to an aromatic ring is 1. The van der Waals surface area contributed by atoms with Gasteiger partial charge in [-0.25, -0.2) is 19.5 Å². The smallest absolute Gasteiger partial charge is 0.223 e. The second-order valence-corrected chi connectivity index (χ2v) is 7.00. The van der Waals surface area contributed by atoms with Gasteiger partial charge in [-0.1, -0.05) is 12.1 Å². The number of amides is 1. The van der Waals surface area contributed by atoms with Crippen molar-refractivity contribution in [2.45, 2.75) is 13.8 Å². The molecule has 10 nitrogen and oxygen atoms in total. The molecule has 154 valence electrons. The summed E-state index contributed by atoms with van der Waals surface area (Å²) in [6.07, 6.45) is 4.97. The van der Waals surface area contributed by atoms with Crippen LogP contribution < -0.4 is 10.6 Å². The molecule has 0 saturated heterocycles. The van der Waals surface area contributed by atoms with Crippen molar-refractivity contribution in [2.75, 3.05) is 17.2 Å². The third-order valence-corrected chi connectivity index (χ3v) is 5.13. The van der Waals surface area contributed by atoms with E-state index in [4.69, 9.17) is 5.73 Å².